The number of pyridine rings is 2. The number of nitrogens with two attached hydrogens (primary N) is 1. The van der Waals surface area contributed by atoms with E-state index in [1.807, 2.05) is 6.07 Å². The van der Waals surface area contributed by atoms with Crippen LogP contribution in [-0.4, -0.2) is 17.1 Å². The van der Waals surface area contributed by atoms with Crippen molar-refractivity contribution in [1.82, 2.24) is 9.97 Å². The second-order valence-corrected chi connectivity index (χ2v) is 2.62. The number of fused-ring (bicyclic) bond motifs is 1. The van der Waals surface area contributed by atoms with E-state index in [0.717, 1.165) is 11.1 Å². The average molecular weight is 175 g/mol. The van der Waals surface area contributed by atoms with Crippen molar-refractivity contribution in [2.45, 2.75) is 0 Å². The van der Waals surface area contributed by atoms with E-state index in [0.29, 0.717) is 11.5 Å². The summed E-state index contributed by atoms with van der Waals surface area (Å²) in [4.78, 5) is 8.15. The topological polar surface area (TPSA) is 61.0 Å². The Balaban J connectivity index is 2.77. The largest absolute Gasteiger partial charge is 0.496 e. The van der Waals surface area contributed by atoms with Gasteiger partial charge < -0.3 is 10.5 Å². The maximum atomic E-state index is 5.52. The Kier molecular flexibility index (Phi) is 1.73. The minimum absolute atomic E-state index is 0.466. The van der Waals surface area contributed by atoms with Crippen molar-refractivity contribution in [2.24, 2.45) is 0 Å². The van der Waals surface area contributed by atoms with Crippen molar-refractivity contribution in [3.63, 3.8) is 0 Å². The van der Waals surface area contributed by atoms with Gasteiger partial charge in [-0.25, -0.2) is 9.97 Å². The van der Waals surface area contributed by atoms with E-state index < -0.39 is 0 Å². The lowest BCUT2D eigenvalue weighted by molar-refractivity contribution is 0.419. The summed E-state index contributed by atoms with van der Waals surface area (Å²) < 4.78 is 5.15. The highest BCUT2D eigenvalue weighted by Gasteiger charge is 2.02. The molecule has 2 N–H and O–H groups in total. The molecule has 4 heteroatoms. The number of aromatic nitrogens is 2. The fourth-order valence-corrected chi connectivity index (χ4v) is 1.20. The van der Waals surface area contributed by atoms with Gasteiger partial charge in [0.05, 0.1) is 12.5 Å². The molecule has 13 heavy (non-hydrogen) atoms. The molecule has 0 bridgehead atoms. The smallest absolute Gasteiger partial charge is 0.165 e. The van der Waals surface area contributed by atoms with Gasteiger partial charge >= 0.3 is 0 Å². The Morgan fingerprint density at radius 1 is 1.31 bits per heavy atom. The van der Waals surface area contributed by atoms with Gasteiger partial charge in [-0.2, -0.15) is 0 Å². The summed E-state index contributed by atoms with van der Waals surface area (Å²) >= 11 is 0. The van der Waals surface area contributed by atoms with E-state index in [1.165, 1.54) is 0 Å². The molecule has 0 saturated heterocycles. The van der Waals surface area contributed by atoms with Crippen LogP contribution in [0.2, 0.25) is 0 Å². The molecule has 66 valence electrons. The van der Waals surface area contributed by atoms with Gasteiger partial charge in [-0.15, -0.1) is 0 Å². The molecule has 2 heterocycles. The molecule has 4 nitrogen and oxygen atoms in total. The van der Waals surface area contributed by atoms with Gasteiger partial charge in [0, 0.05) is 6.20 Å². The van der Waals surface area contributed by atoms with Crippen LogP contribution < -0.4 is 10.5 Å². The quantitative estimate of drug-likeness (QED) is 0.707. The highest BCUT2D eigenvalue weighted by Crippen LogP contribution is 2.22. The molecule has 0 aromatic carbocycles. The van der Waals surface area contributed by atoms with Crippen molar-refractivity contribution >= 4 is 16.9 Å². The third-order valence-electron chi connectivity index (χ3n) is 1.80. The first kappa shape index (κ1) is 7.79. The van der Waals surface area contributed by atoms with Gasteiger partial charge in [-0.3, -0.25) is 0 Å². The zero-order valence-electron chi connectivity index (χ0n) is 7.19. The summed E-state index contributed by atoms with van der Waals surface area (Å²) in [6, 6.07) is 5.37. The highest BCUT2D eigenvalue weighted by molar-refractivity contribution is 5.82. The SMILES string of the molecule is COc1ccnc2nc(N)ccc12. The summed E-state index contributed by atoms with van der Waals surface area (Å²) in [6.07, 6.45) is 1.65. The molecule has 0 atom stereocenters. The van der Waals surface area contributed by atoms with Gasteiger partial charge in [0.2, 0.25) is 0 Å². The van der Waals surface area contributed by atoms with Gasteiger partial charge in [0.1, 0.15) is 11.6 Å². The zero-order chi connectivity index (χ0) is 9.26. The van der Waals surface area contributed by atoms with Crippen molar-refractivity contribution in [2.75, 3.05) is 12.8 Å². The van der Waals surface area contributed by atoms with E-state index in [-0.39, 0.29) is 0 Å². The van der Waals surface area contributed by atoms with Crippen LogP contribution in [0, 0.1) is 0 Å². The number of nitrogen functional groups attached to an aromatic ring is 1. The standard InChI is InChI=1S/C9H9N3O/c1-13-7-4-5-11-9-6(7)2-3-8(10)12-9/h2-5H,1H3,(H2,10,11,12). The number of anilines is 1. The number of nitrogens with zero attached hydrogens (tertiary/aromatic N) is 2. The minimum Gasteiger partial charge on any atom is -0.496 e. The number of hydrogen-bond acceptors (Lipinski definition) is 4. The second-order valence-electron chi connectivity index (χ2n) is 2.62. The molecule has 2 rings (SSSR count). The van der Waals surface area contributed by atoms with Gasteiger partial charge in [0.15, 0.2) is 5.65 Å². The lowest BCUT2D eigenvalue weighted by atomic mass is 10.2. The highest BCUT2D eigenvalue weighted by atomic mass is 16.5. The van der Waals surface area contributed by atoms with Crippen LogP contribution >= 0.6 is 0 Å². The van der Waals surface area contributed by atoms with Crippen LogP contribution in [0.3, 0.4) is 0 Å². The van der Waals surface area contributed by atoms with Crippen molar-refractivity contribution in [1.29, 1.82) is 0 Å². The van der Waals surface area contributed by atoms with Gasteiger partial charge in [0.25, 0.3) is 0 Å². The molecule has 0 aliphatic heterocycles. The number of methoxy groups -OCH3 is 1. The second kappa shape index (κ2) is 2.90. The van der Waals surface area contributed by atoms with Crippen LogP contribution in [0.4, 0.5) is 5.82 Å². The minimum atomic E-state index is 0.466. The first-order valence-electron chi connectivity index (χ1n) is 3.86. The Bertz CT molecular complexity index is 442. The van der Waals surface area contributed by atoms with E-state index in [1.54, 1.807) is 25.4 Å². The Morgan fingerprint density at radius 2 is 2.15 bits per heavy atom. The molecule has 0 saturated carbocycles. The Morgan fingerprint density at radius 3 is 2.92 bits per heavy atom. The van der Waals surface area contributed by atoms with Crippen LogP contribution in [0.25, 0.3) is 11.0 Å². The van der Waals surface area contributed by atoms with Crippen LogP contribution in [0.15, 0.2) is 24.4 Å². The van der Waals surface area contributed by atoms with Crippen LogP contribution in [-0.2, 0) is 0 Å². The molecular weight excluding hydrogens is 166 g/mol. The van der Waals surface area contributed by atoms with Gasteiger partial charge in [-0.05, 0) is 18.2 Å². The molecule has 2 aromatic rings. The van der Waals surface area contributed by atoms with Crippen LogP contribution in [0.5, 0.6) is 5.75 Å². The average Bonchev–Trinajstić information content (AvgIpc) is 2.16. The van der Waals surface area contributed by atoms with Crippen molar-refractivity contribution in [3.8, 4) is 5.75 Å². The first-order valence-corrected chi connectivity index (χ1v) is 3.86. The molecule has 0 aliphatic carbocycles. The number of ether oxygens (including phenoxy) is 1. The summed E-state index contributed by atoms with van der Waals surface area (Å²) in [5, 5.41) is 0.874. The molecule has 0 aliphatic rings. The Hall–Kier alpha value is -1.84. The fraction of sp³-hybridized carbons (Fsp3) is 0.111. The number of hydrogen-bond donors (Lipinski definition) is 1. The first-order chi connectivity index (χ1) is 6.31. The van der Waals surface area contributed by atoms with Gasteiger partial charge in [-0.1, -0.05) is 0 Å². The summed E-state index contributed by atoms with van der Waals surface area (Å²) in [5.74, 6) is 1.23. The predicted molar refractivity (Wildman–Crippen MR) is 50.5 cm³/mol. The molecule has 2 aromatic heterocycles. The normalized spacial score (nSPS) is 10.2. The molecule has 0 unspecified atom stereocenters. The fourth-order valence-electron chi connectivity index (χ4n) is 1.20. The van der Waals surface area contributed by atoms with E-state index >= 15 is 0 Å². The van der Waals surface area contributed by atoms with E-state index in [4.69, 9.17) is 10.5 Å². The molecule has 0 spiro atoms. The third kappa shape index (κ3) is 1.26. The predicted octanol–water partition coefficient (Wildman–Crippen LogP) is 1.22. The maximum absolute atomic E-state index is 5.52. The maximum Gasteiger partial charge on any atom is 0.165 e. The molecular formula is C9H9N3O. The summed E-state index contributed by atoms with van der Waals surface area (Å²) in [6.45, 7) is 0. The zero-order valence-corrected chi connectivity index (χ0v) is 7.19. The molecule has 0 radical (unpaired) electrons. The lowest BCUT2D eigenvalue weighted by Gasteiger charge is -2.03. The Labute approximate surface area is 75.4 Å². The third-order valence-corrected chi connectivity index (χ3v) is 1.80. The monoisotopic (exact) mass is 175 g/mol. The van der Waals surface area contributed by atoms with E-state index in [9.17, 15) is 0 Å². The summed E-state index contributed by atoms with van der Waals surface area (Å²) in [5.41, 5.74) is 6.13. The molecule has 0 amide bonds. The number of rotatable bonds is 1. The van der Waals surface area contributed by atoms with Crippen molar-refractivity contribution in [3.05, 3.63) is 24.4 Å². The lowest BCUT2D eigenvalue weighted by Crippen LogP contribution is -1.93. The van der Waals surface area contributed by atoms with E-state index in [2.05, 4.69) is 9.97 Å². The summed E-state index contributed by atoms with van der Waals surface area (Å²) in [7, 11) is 1.62. The van der Waals surface area contributed by atoms with Crippen molar-refractivity contribution < 1.29 is 4.74 Å². The molecule has 0 fully saturated rings. The van der Waals surface area contributed by atoms with Crippen LogP contribution in [0.1, 0.15) is 0 Å².